The smallest absolute Gasteiger partial charge is 0.129 e. The highest BCUT2D eigenvalue weighted by Gasteiger charge is 2.13. The lowest BCUT2D eigenvalue weighted by molar-refractivity contribution is 0.716. The maximum absolute atomic E-state index is 6.20. The molecule has 0 aliphatic carbocycles. The van der Waals surface area contributed by atoms with Crippen molar-refractivity contribution in [3.8, 4) is 0 Å². The predicted octanol–water partition coefficient (Wildman–Crippen LogP) is 2.03. The first-order chi connectivity index (χ1) is 7.72. The molecule has 2 rings (SSSR count). The number of rotatable bonds is 3. The van der Waals surface area contributed by atoms with Gasteiger partial charge in [-0.15, -0.1) is 0 Å². The fraction of sp³-hybridized carbons (Fsp3) is 0.308. The Morgan fingerprint density at radius 3 is 2.88 bits per heavy atom. The molecule has 0 radical (unpaired) electrons. The lowest BCUT2D eigenvalue weighted by Gasteiger charge is -2.12. The first-order valence-corrected chi connectivity index (χ1v) is 5.54. The van der Waals surface area contributed by atoms with Crippen LogP contribution in [-0.4, -0.2) is 9.55 Å². The summed E-state index contributed by atoms with van der Waals surface area (Å²) in [6.45, 7) is 2.14. The number of imidazole rings is 1. The molecule has 0 saturated heterocycles. The molecule has 1 heterocycles. The summed E-state index contributed by atoms with van der Waals surface area (Å²) in [5.41, 5.74) is 8.63. The summed E-state index contributed by atoms with van der Waals surface area (Å²) in [6.07, 6.45) is 4.72. The summed E-state index contributed by atoms with van der Waals surface area (Å²) in [6, 6.07) is 8.23. The molecular formula is C13H17N3. The van der Waals surface area contributed by atoms with Gasteiger partial charge < -0.3 is 10.3 Å². The largest absolute Gasteiger partial charge is 0.336 e. The first kappa shape index (κ1) is 10.9. The molecule has 0 bridgehead atoms. The SMILES string of the molecule is CCc1cccc(C(N)c2nccn2C)c1. The van der Waals surface area contributed by atoms with Gasteiger partial charge in [-0.2, -0.15) is 0 Å². The van der Waals surface area contributed by atoms with Crippen LogP contribution < -0.4 is 5.73 Å². The minimum absolute atomic E-state index is 0.147. The van der Waals surface area contributed by atoms with E-state index in [1.807, 2.05) is 17.8 Å². The van der Waals surface area contributed by atoms with E-state index < -0.39 is 0 Å². The average Bonchev–Trinajstić information content (AvgIpc) is 2.74. The molecule has 1 atom stereocenters. The Morgan fingerprint density at radius 2 is 2.25 bits per heavy atom. The van der Waals surface area contributed by atoms with E-state index in [4.69, 9.17) is 5.73 Å². The van der Waals surface area contributed by atoms with E-state index in [-0.39, 0.29) is 6.04 Å². The zero-order chi connectivity index (χ0) is 11.5. The van der Waals surface area contributed by atoms with Crippen LogP contribution in [-0.2, 0) is 13.5 Å². The van der Waals surface area contributed by atoms with Gasteiger partial charge in [-0.3, -0.25) is 0 Å². The second kappa shape index (κ2) is 4.49. The van der Waals surface area contributed by atoms with Gasteiger partial charge in [0, 0.05) is 19.4 Å². The predicted molar refractivity (Wildman–Crippen MR) is 65.1 cm³/mol. The van der Waals surface area contributed by atoms with E-state index >= 15 is 0 Å². The van der Waals surface area contributed by atoms with Crippen LogP contribution in [0, 0.1) is 0 Å². The number of nitrogens with two attached hydrogens (primary N) is 1. The molecular weight excluding hydrogens is 198 g/mol. The number of hydrogen-bond donors (Lipinski definition) is 1. The lowest BCUT2D eigenvalue weighted by atomic mass is 10.0. The molecule has 16 heavy (non-hydrogen) atoms. The number of aromatic nitrogens is 2. The Labute approximate surface area is 95.9 Å². The van der Waals surface area contributed by atoms with Crippen molar-refractivity contribution in [2.24, 2.45) is 12.8 Å². The highest BCUT2D eigenvalue weighted by molar-refractivity contribution is 5.29. The molecule has 1 aromatic carbocycles. The molecule has 0 amide bonds. The summed E-state index contributed by atoms with van der Waals surface area (Å²) in [4.78, 5) is 4.29. The van der Waals surface area contributed by atoms with Gasteiger partial charge in [0.1, 0.15) is 5.82 Å². The Bertz CT molecular complexity index is 474. The molecule has 3 nitrogen and oxygen atoms in total. The molecule has 1 unspecified atom stereocenters. The molecule has 0 aliphatic heterocycles. The third kappa shape index (κ3) is 1.99. The van der Waals surface area contributed by atoms with Crippen molar-refractivity contribution in [3.63, 3.8) is 0 Å². The van der Waals surface area contributed by atoms with Crippen LogP contribution in [0.3, 0.4) is 0 Å². The van der Waals surface area contributed by atoms with Crippen molar-refractivity contribution >= 4 is 0 Å². The van der Waals surface area contributed by atoms with Crippen LogP contribution in [0.4, 0.5) is 0 Å². The molecule has 2 N–H and O–H groups in total. The molecule has 84 valence electrons. The summed E-state index contributed by atoms with van der Waals surface area (Å²) in [5.74, 6) is 0.897. The summed E-state index contributed by atoms with van der Waals surface area (Å²) in [5, 5.41) is 0. The van der Waals surface area contributed by atoms with Crippen LogP contribution in [0.2, 0.25) is 0 Å². The summed E-state index contributed by atoms with van der Waals surface area (Å²) in [7, 11) is 1.96. The minimum atomic E-state index is -0.147. The number of benzene rings is 1. The highest BCUT2D eigenvalue weighted by atomic mass is 15.1. The van der Waals surface area contributed by atoms with Crippen molar-refractivity contribution < 1.29 is 0 Å². The standard InChI is InChI=1S/C13H17N3/c1-3-10-5-4-6-11(9-10)12(14)13-15-7-8-16(13)2/h4-9,12H,3,14H2,1-2H3. The van der Waals surface area contributed by atoms with Gasteiger partial charge in [0.2, 0.25) is 0 Å². The third-order valence-electron chi connectivity index (χ3n) is 2.86. The van der Waals surface area contributed by atoms with Crippen LogP contribution in [0.5, 0.6) is 0 Å². The average molecular weight is 215 g/mol. The molecule has 0 aliphatic rings. The van der Waals surface area contributed by atoms with Crippen LogP contribution in [0.15, 0.2) is 36.7 Å². The van der Waals surface area contributed by atoms with Gasteiger partial charge in [-0.05, 0) is 17.5 Å². The zero-order valence-corrected chi connectivity index (χ0v) is 9.72. The van der Waals surface area contributed by atoms with Gasteiger partial charge in [0.05, 0.1) is 6.04 Å². The van der Waals surface area contributed by atoms with E-state index in [0.717, 1.165) is 17.8 Å². The van der Waals surface area contributed by atoms with Crippen molar-refractivity contribution in [3.05, 3.63) is 53.6 Å². The van der Waals surface area contributed by atoms with Crippen LogP contribution in [0.1, 0.15) is 29.9 Å². The Kier molecular flexibility index (Phi) is 3.06. The number of aryl methyl sites for hydroxylation is 2. The van der Waals surface area contributed by atoms with E-state index in [9.17, 15) is 0 Å². The maximum atomic E-state index is 6.20. The van der Waals surface area contributed by atoms with Gasteiger partial charge in [0.25, 0.3) is 0 Å². The zero-order valence-electron chi connectivity index (χ0n) is 9.72. The van der Waals surface area contributed by atoms with Gasteiger partial charge in [-0.25, -0.2) is 4.98 Å². The van der Waals surface area contributed by atoms with Gasteiger partial charge in [-0.1, -0.05) is 31.2 Å². The van der Waals surface area contributed by atoms with Crippen LogP contribution in [0.25, 0.3) is 0 Å². The van der Waals surface area contributed by atoms with E-state index in [0.29, 0.717) is 0 Å². The Balaban J connectivity index is 2.33. The van der Waals surface area contributed by atoms with E-state index in [2.05, 4.69) is 36.2 Å². The normalized spacial score (nSPS) is 12.7. The second-order valence-corrected chi connectivity index (χ2v) is 3.97. The monoisotopic (exact) mass is 215 g/mol. The third-order valence-corrected chi connectivity index (χ3v) is 2.86. The quantitative estimate of drug-likeness (QED) is 0.851. The van der Waals surface area contributed by atoms with Crippen molar-refractivity contribution in [1.29, 1.82) is 0 Å². The fourth-order valence-corrected chi connectivity index (χ4v) is 1.83. The Hall–Kier alpha value is -1.61. The molecule has 3 heteroatoms. The lowest BCUT2D eigenvalue weighted by Crippen LogP contribution is -2.16. The topological polar surface area (TPSA) is 43.8 Å². The minimum Gasteiger partial charge on any atom is -0.336 e. The van der Waals surface area contributed by atoms with Crippen LogP contribution >= 0.6 is 0 Å². The highest BCUT2D eigenvalue weighted by Crippen LogP contribution is 2.18. The summed E-state index contributed by atoms with van der Waals surface area (Å²) >= 11 is 0. The molecule has 0 spiro atoms. The van der Waals surface area contributed by atoms with Gasteiger partial charge in [0.15, 0.2) is 0 Å². The van der Waals surface area contributed by atoms with Gasteiger partial charge >= 0.3 is 0 Å². The molecule has 1 aromatic heterocycles. The van der Waals surface area contributed by atoms with Crippen molar-refractivity contribution in [2.45, 2.75) is 19.4 Å². The Morgan fingerprint density at radius 1 is 1.44 bits per heavy atom. The fourth-order valence-electron chi connectivity index (χ4n) is 1.83. The molecule has 0 fully saturated rings. The van der Waals surface area contributed by atoms with Crippen molar-refractivity contribution in [2.75, 3.05) is 0 Å². The number of hydrogen-bond acceptors (Lipinski definition) is 2. The second-order valence-electron chi connectivity index (χ2n) is 3.97. The maximum Gasteiger partial charge on any atom is 0.129 e. The summed E-state index contributed by atoms with van der Waals surface area (Å²) < 4.78 is 1.96. The molecule has 2 aromatic rings. The first-order valence-electron chi connectivity index (χ1n) is 5.54. The molecule has 0 saturated carbocycles. The number of nitrogens with zero attached hydrogens (tertiary/aromatic N) is 2. The van der Waals surface area contributed by atoms with E-state index in [1.165, 1.54) is 5.56 Å². The van der Waals surface area contributed by atoms with E-state index in [1.54, 1.807) is 6.20 Å². The van der Waals surface area contributed by atoms with Crippen molar-refractivity contribution in [1.82, 2.24) is 9.55 Å².